The molecule has 3 aromatic carbocycles. The summed E-state index contributed by atoms with van der Waals surface area (Å²) >= 11 is 6.14. The van der Waals surface area contributed by atoms with E-state index in [1.807, 2.05) is 31.2 Å². The normalized spacial score (nSPS) is 15.1. The van der Waals surface area contributed by atoms with Crippen molar-refractivity contribution in [1.29, 1.82) is 0 Å². The largest absolute Gasteiger partial charge is 0.486 e. The number of hydrogen-bond donors (Lipinski definition) is 2. The van der Waals surface area contributed by atoms with Gasteiger partial charge in [-0.05, 0) is 55.0 Å². The number of fused-ring (bicyclic) bond motifs is 1. The fraction of sp³-hybridized carbons (Fsp3) is 0.174. The number of halogens is 1. The van der Waals surface area contributed by atoms with Crippen LogP contribution in [0.4, 0.5) is 5.69 Å². The van der Waals surface area contributed by atoms with Crippen molar-refractivity contribution in [3.63, 3.8) is 0 Å². The van der Waals surface area contributed by atoms with Crippen LogP contribution in [0.1, 0.15) is 15.9 Å². The third-order valence-corrected chi connectivity index (χ3v) is 6.67. The first-order valence-electron chi connectivity index (χ1n) is 9.87. The van der Waals surface area contributed by atoms with Crippen LogP contribution < -0.4 is 19.5 Å². The third kappa shape index (κ3) is 4.98. The van der Waals surface area contributed by atoms with Crippen molar-refractivity contribution < 1.29 is 22.7 Å². The van der Waals surface area contributed by atoms with E-state index in [4.69, 9.17) is 21.1 Å². The molecule has 0 spiro atoms. The van der Waals surface area contributed by atoms with Gasteiger partial charge in [-0.25, -0.2) is 8.42 Å². The van der Waals surface area contributed by atoms with E-state index in [-0.39, 0.29) is 34.7 Å². The molecule has 0 aromatic heterocycles. The van der Waals surface area contributed by atoms with Gasteiger partial charge in [0.15, 0.2) is 11.5 Å². The van der Waals surface area contributed by atoms with Gasteiger partial charge in [0.1, 0.15) is 17.6 Å². The predicted octanol–water partition coefficient (Wildman–Crippen LogP) is 4.02. The summed E-state index contributed by atoms with van der Waals surface area (Å²) < 4.78 is 39.7. The van der Waals surface area contributed by atoms with E-state index in [1.165, 1.54) is 18.2 Å². The first-order valence-corrected chi connectivity index (χ1v) is 11.7. The Bertz CT molecular complexity index is 1260. The summed E-state index contributed by atoms with van der Waals surface area (Å²) in [6.45, 7) is 2.34. The second-order valence-corrected chi connectivity index (χ2v) is 9.39. The minimum absolute atomic E-state index is 0.0160. The molecule has 9 heteroatoms. The van der Waals surface area contributed by atoms with Crippen LogP contribution in [-0.4, -0.2) is 33.6 Å². The molecule has 1 amide bonds. The minimum Gasteiger partial charge on any atom is -0.486 e. The summed E-state index contributed by atoms with van der Waals surface area (Å²) in [5.74, 6) is 0.819. The molecule has 0 unspecified atom stereocenters. The van der Waals surface area contributed by atoms with Gasteiger partial charge in [0.05, 0.1) is 11.6 Å². The Hall–Kier alpha value is -3.23. The zero-order valence-corrected chi connectivity index (χ0v) is 18.7. The Labute approximate surface area is 191 Å². The van der Waals surface area contributed by atoms with Crippen molar-refractivity contribution in [1.82, 2.24) is 5.32 Å². The lowest BCUT2D eigenvalue weighted by Gasteiger charge is -2.26. The number of carbonyl (C=O) groups excluding carboxylic acids is 1. The Morgan fingerprint density at radius 3 is 2.62 bits per heavy atom. The molecule has 1 aliphatic rings. The lowest BCUT2D eigenvalue weighted by molar-refractivity contribution is 0.0789. The summed E-state index contributed by atoms with van der Waals surface area (Å²) in [5, 5.41) is 2.77. The van der Waals surface area contributed by atoms with Gasteiger partial charge in [0.25, 0.3) is 15.9 Å². The van der Waals surface area contributed by atoms with Gasteiger partial charge in [0, 0.05) is 11.3 Å². The van der Waals surface area contributed by atoms with Gasteiger partial charge in [-0.1, -0.05) is 35.9 Å². The maximum Gasteiger partial charge on any atom is 0.263 e. The smallest absolute Gasteiger partial charge is 0.263 e. The van der Waals surface area contributed by atoms with E-state index in [0.29, 0.717) is 17.2 Å². The van der Waals surface area contributed by atoms with Gasteiger partial charge >= 0.3 is 0 Å². The predicted molar refractivity (Wildman–Crippen MR) is 122 cm³/mol. The number of ether oxygens (including phenoxy) is 2. The number of sulfonamides is 1. The average molecular weight is 473 g/mol. The van der Waals surface area contributed by atoms with E-state index in [2.05, 4.69) is 10.0 Å². The highest BCUT2D eigenvalue weighted by atomic mass is 35.5. The summed E-state index contributed by atoms with van der Waals surface area (Å²) in [4.78, 5) is 12.5. The maximum absolute atomic E-state index is 12.9. The molecule has 1 atom stereocenters. The Morgan fingerprint density at radius 1 is 1.06 bits per heavy atom. The Balaban J connectivity index is 1.45. The number of rotatable bonds is 6. The molecule has 0 saturated carbocycles. The lowest BCUT2D eigenvalue weighted by atomic mass is 10.2. The van der Waals surface area contributed by atoms with Crippen molar-refractivity contribution in [3.8, 4) is 11.5 Å². The maximum atomic E-state index is 12.9. The second-order valence-electron chi connectivity index (χ2n) is 7.33. The van der Waals surface area contributed by atoms with E-state index < -0.39 is 15.9 Å². The number of carbonyl (C=O) groups is 1. The number of para-hydroxylation sites is 2. The summed E-state index contributed by atoms with van der Waals surface area (Å²) in [7, 11) is -3.99. The molecular formula is C23H21ClN2O5S. The zero-order chi connectivity index (χ0) is 22.7. The summed E-state index contributed by atoms with van der Waals surface area (Å²) in [5.41, 5.74) is 1.47. The van der Waals surface area contributed by atoms with Crippen molar-refractivity contribution in [2.24, 2.45) is 0 Å². The van der Waals surface area contributed by atoms with Gasteiger partial charge in [0.2, 0.25) is 0 Å². The quantitative estimate of drug-likeness (QED) is 0.565. The van der Waals surface area contributed by atoms with Crippen LogP contribution in [0.3, 0.4) is 0 Å². The van der Waals surface area contributed by atoms with Gasteiger partial charge in [-0.2, -0.15) is 0 Å². The topological polar surface area (TPSA) is 93.7 Å². The molecule has 0 saturated heterocycles. The van der Waals surface area contributed by atoms with Gasteiger partial charge < -0.3 is 14.8 Å². The third-order valence-electron chi connectivity index (χ3n) is 4.81. The molecule has 3 aromatic rings. The monoisotopic (exact) mass is 472 g/mol. The Kier molecular flexibility index (Phi) is 6.25. The van der Waals surface area contributed by atoms with Crippen LogP contribution in [0.5, 0.6) is 11.5 Å². The number of benzene rings is 3. The van der Waals surface area contributed by atoms with Crippen LogP contribution in [0, 0.1) is 6.92 Å². The minimum atomic E-state index is -3.99. The highest BCUT2D eigenvalue weighted by Crippen LogP contribution is 2.30. The van der Waals surface area contributed by atoms with E-state index in [9.17, 15) is 13.2 Å². The number of nitrogens with one attached hydrogen (secondary N) is 2. The van der Waals surface area contributed by atoms with Crippen LogP contribution in [-0.2, 0) is 10.0 Å². The molecule has 0 aliphatic carbocycles. The standard InChI is InChI=1S/C23H21ClN2O5S/c1-15-5-4-6-17(11-15)26-32(28,29)22-12-16(9-10-19(22)24)23(27)25-13-18-14-30-20-7-2-3-8-21(20)31-18/h2-12,18,26H,13-14H2,1H3,(H,25,27)/t18-/m0/s1. The average Bonchev–Trinajstić information content (AvgIpc) is 2.77. The molecule has 0 fully saturated rings. The van der Waals surface area contributed by atoms with Crippen molar-refractivity contribution >= 4 is 33.2 Å². The molecule has 166 valence electrons. The SMILES string of the molecule is Cc1cccc(NS(=O)(=O)c2cc(C(=O)NC[C@H]3COc4ccccc4O3)ccc2Cl)c1. The summed E-state index contributed by atoms with van der Waals surface area (Å²) in [6, 6.07) is 18.3. The number of hydrogen-bond acceptors (Lipinski definition) is 5. The second kappa shape index (κ2) is 9.10. The fourth-order valence-electron chi connectivity index (χ4n) is 3.24. The number of amides is 1. The molecular weight excluding hydrogens is 452 g/mol. The first-order chi connectivity index (χ1) is 15.3. The molecule has 7 nitrogen and oxygen atoms in total. The molecule has 32 heavy (non-hydrogen) atoms. The first kappa shape index (κ1) is 22.0. The van der Waals surface area contributed by atoms with E-state index in [1.54, 1.807) is 24.3 Å². The lowest BCUT2D eigenvalue weighted by Crippen LogP contribution is -2.40. The fourth-order valence-corrected chi connectivity index (χ4v) is 4.82. The number of aryl methyl sites for hydroxylation is 1. The van der Waals surface area contributed by atoms with Crippen molar-refractivity contribution in [3.05, 3.63) is 82.9 Å². The molecule has 2 N–H and O–H groups in total. The van der Waals surface area contributed by atoms with Crippen molar-refractivity contribution in [2.75, 3.05) is 17.9 Å². The van der Waals surface area contributed by atoms with E-state index >= 15 is 0 Å². The van der Waals surface area contributed by atoms with Gasteiger partial charge in [-0.3, -0.25) is 9.52 Å². The highest BCUT2D eigenvalue weighted by molar-refractivity contribution is 7.92. The molecule has 1 heterocycles. The number of anilines is 1. The molecule has 0 radical (unpaired) electrons. The van der Waals surface area contributed by atoms with Crippen LogP contribution in [0.15, 0.2) is 71.6 Å². The van der Waals surface area contributed by atoms with Crippen LogP contribution >= 0.6 is 11.6 Å². The van der Waals surface area contributed by atoms with Crippen LogP contribution in [0.25, 0.3) is 0 Å². The van der Waals surface area contributed by atoms with Gasteiger partial charge in [-0.15, -0.1) is 0 Å². The Morgan fingerprint density at radius 2 is 1.84 bits per heavy atom. The molecule has 1 aliphatic heterocycles. The van der Waals surface area contributed by atoms with E-state index in [0.717, 1.165) is 5.56 Å². The van der Waals surface area contributed by atoms with Crippen LogP contribution in [0.2, 0.25) is 5.02 Å². The zero-order valence-electron chi connectivity index (χ0n) is 17.2. The molecule has 0 bridgehead atoms. The highest BCUT2D eigenvalue weighted by Gasteiger charge is 2.23. The summed E-state index contributed by atoms with van der Waals surface area (Å²) in [6.07, 6.45) is -0.368. The molecule has 4 rings (SSSR count). The van der Waals surface area contributed by atoms with Crippen molar-refractivity contribution in [2.45, 2.75) is 17.9 Å².